The summed E-state index contributed by atoms with van der Waals surface area (Å²) in [5.74, 6) is -0.252. The molecule has 3 rings (SSSR count). The smallest absolute Gasteiger partial charge is 0.339 e. The second-order valence-electron chi connectivity index (χ2n) is 6.02. The minimum absolute atomic E-state index is 0.0573. The summed E-state index contributed by atoms with van der Waals surface area (Å²) in [4.78, 5) is 23.5. The van der Waals surface area contributed by atoms with Gasteiger partial charge in [-0.05, 0) is 43.2 Å². The predicted molar refractivity (Wildman–Crippen MR) is 93.7 cm³/mol. The van der Waals surface area contributed by atoms with Gasteiger partial charge in [-0.15, -0.1) is 0 Å². The molecular weight excluding hydrogens is 360 g/mol. The number of nitro groups is 1. The second-order valence-corrected chi connectivity index (χ2v) is 7.57. The maximum Gasteiger partial charge on any atom is 0.339 e. The zero-order valence-corrected chi connectivity index (χ0v) is 14.9. The van der Waals surface area contributed by atoms with Crippen molar-refractivity contribution in [1.82, 2.24) is 0 Å². The summed E-state index contributed by atoms with van der Waals surface area (Å²) in [5.41, 5.74) is 1.15. The largest absolute Gasteiger partial charge is 0.379 e. The number of rotatable bonds is 4. The Balaban J connectivity index is 1.92. The van der Waals surface area contributed by atoms with Crippen molar-refractivity contribution < 1.29 is 22.3 Å². The zero-order chi connectivity index (χ0) is 19.1. The maximum atomic E-state index is 12.5. The monoisotopic (exact) mass is 376 g/mol. The van der Waals surface area contributed by atoms with Crippen LogP contribution in [0.25, 0.3) is 0 Å². The molecule has 0 radical (unpaired) electrons. The lowest BCUT2D eigenvalue weighted by molar-refractivity contribution is -0.384. The van der Waals surface area contributed by atoms with E-state index in [0.717, 1.165) is 11.6 Å². The van der Waals surface area contributed by atoms with Gasteiger partial charge in [0.25, 0.3) is 5.69 Å². The van der Waals surface area contributed by atoms with E-state index in [1.54, 1.807) is 11.0 Å². The van der Waals surface area contributed by atoms with E-state index in [9.17, 15) is 23.3 Å². The number of nitrogens with zero attached hydrogens (tertiary/aromatic N) is 2. The zero-order valence-electron chi connectivity index (χ0n) is 14.1. The van der Waals surface area contributed by atoms with Gasteiger partial charge in [0.2, 0.25) is 5.91 Å². The molecule has 8 nitrogen and oxygen atoms in total. The molecule has 26 heavy (non-hydrogen) atoms. The number of carbonyl (C=O) groups is 1. The van der Waals surface area contributed by atoms with Gasteiger partial charge in [-0.1, -0.05) is 6.07 Å². The topological polar surface area (TPSA) is 107 Å². The molecular formula is C17H16N2O6S. The van der Waals surface area contributed by atoms with Crippen LogP contribution < -0.4 is 9.08 Å². The number of hydrogen-bond acceptors (Lipinski definition) is 6. The van der Waals surface area contributed by atoms with Crippen molar-refractivity contribution in [1.29, 1.82) is 0 Å². The standard InChI is InChI=1S/C17H16N2O6S/c1-11-8-13-9-16(6-7-17(13)18(11)12(2)20)26(23,24)25-15-5-3-4-14(10-15)19(21)22/h3-7,9-11H,8H2,1-2H3/t11-/m0/s1. The number of amides is 1. The van der Waals surface area contributed by atoms with Crippen molar-refractivity contribution in [2.45, 2.75) is 31.2 Å². The third-order valence-corrected chi connectivity index (χ3v) is 5.37. The minimum Gasteiger partial charge on any atom is -0.379 e. The number of nitro benzene ring substituents is 1. The Kier molecular flexibility index (Phi) is 4.41. The highest BCUT2D eigenvalue weighted by Crippen LogP contribution is 2.34. The Morgan fingerprint density at radius 2 is 2.00 bits per heavy atom. The van der Waals surface area contributed by atoms with Crippen LogP contribution in [0.5, 0.6) is 5.75 Å². The molecule has 0 aromatic heterocycles. The lowest BCUT2D eigenvalue weighted by Gasteiger charge is -2.20. The van der Waals surface area contributed by atoms with Gasteiger partial charge in [0.15, 0.2) is 0 Å². The summed E-state index contributed by atoms with van der Waals surface area (Å²) in [6.07, 6.45) is 0.537. The van der Waals surface area contributed by atoms with Crippen LogP contribution in [0.15, 0.2) is 47.4 Å². The van der Waals surface area contributed by atoms with E-state index in [-0.39, 0.29) is 28.3 Å². The van der Waals surface area contributed by atoms with E-state index in [1.165, 1.54) is 37.3 Å². The molecule has 2 aromatic carbocycles. The molecule has 1 amide bonds. The highest BCUT2D eigenvalue weighted by molar-refractivity contribution is 7.87. The van der Waals surface area contributed by atoms with Crippen LogP contribution in [0.2, 0.25) is 0 Å². The van der Waals surface area contributed by atoms with Gasteiger partial charge in [-0.2, -0.15) is 8.42 Å². The lowest BCUT2D eigenvalue weighted by Crippen LogP contribution is -2.33. The number of hydrogen-bond donors (Lipinski definition) is 0. The summed E-state index contributed by atoms with van der Waals surface area (Å²) in [6, 6.07) is 9.32. The molecule has 9 heteroatoms. The van der Waals surface area contributed by atoms with Gasteiger partial charge in [0, 0.05) is 24.7 Å². The number of non-ortho nitro benzene ring substituents is 1. The van der Waals surface area contributed by atoms with Crippen molar-refractivity contribution in [2.75, 3.05) is 4.90 Å². The van der Waals surface area contributed by atoms with Crippen LogP contribution in [-0.2, 0) is 21.3 Å². The van der Waals surface area contributed by atoms with E-state index in [4.69, 9.17) is 4.18 Å². The number of fused-ring (bicyclic) bond motifs is 1. The molecule has 0 saturated carbocycles. The van der Waals surface area contributed by atoms with Gasteiger partial charge < -0.3 is 9.08 Å². The van der Waals surface area contributed by atoms with Crippen molar-refractivity contribution in [2.24, 2.45) is 0 Å². The Morgan fingerprint density at radius 3 is 2.65 bits per heavy atom. The maximum absolute atomic E-state index is 12.5. The molecule has 2 aromatic rings. The Bertz CT molecular complexity index is 1000. The average Bonchev–Trinajstić information content (AvgIpc) is 2.89. The minimum atomic E-state index is -4.16. The first-order chi connectivity index (χ1) is 12.2. The SMILES string of the molecule is CC(=O)N1c2ccc(S(=O)(=O)Oc3cccc([N+](=O)[O-])c3)cc2C[C@@H]1C. The number of benzene rings is 2. The van der Waals surface area contributed by atoms with E-state index in [2.05, 4.69) is 0 Å². The van der Waals surface area contributed by atoms with E-state index >= 15 is 0 Å². The highest BCUT2D eigenvalue weighted by atomic mass is 32.2. The number of anilines is 1. The van der Waals surface area contributed by atoms with Crippen LogP contribution in [-0.4, -0.2) is 25.3 Å². The Morgan fingerprint density at radius 1 is 1.27 bits per heavy atom. The first-order valence-electron chi connectivity index (χ1n) is 7.81. The molecule has 0 bridgehead atoms. The summed E-state index contributed by atoms with van der Waals surface area (Å²) in [6.45, 7) is 3.34. The second kappa shape index (κ2) is 6.41. The number of carbonyl (C=O) groups excluding carboxylic acids is 1. The predicted octanol–water partition coefficient (Wildman–Crippen LogP) is 2.66. The van der Waals surface area contributed by atoms with Crippen molar-refractivity contribution in [3.63, 3.8) is 0 Å². The molecule has 0 spiro atoms. The third kappa shape index (κ3) is 3.25. The fourth-order valence-corrected chi connectivity index (χ4v) is 4.04. The summed E-state index contributed by atoms with van der Waals surface area (Å²) in [5, 5.41) is 10.8. The third-order valence-electron chi connectivity index (χ3n) is 4.13. The van der Waals surface area contributed by atoms with Crippen molar-refractivity contribution in [3.8, 4) is 5.75 Å². The molecule has 0 unspecified atom stereocenters. The van der Waals surface area contributed by atoms with Crippen LogP contribution in [0.1, 0.15) is 19.4 Å². The normalized spacial score (nSPS) is 16.2. The van der Waals surface area contributed by atoms with Gasteiger partial charge >= 0.3 is 10.1 Å². The van der Waals surface area contributed by atoms with Crippen molar-refractivity contribution in [3.05, 3.63) is 58.1 Å². The van der Waals surface area contributed by atoms with Crippen molar-refractivity contribution >= 4 is 27.4 Å². The molecule has 0 fully saturated rings. The van der Waals surface area contributed by atoms with E-state index < -0.39 is 15.0 Å². The highest BCUT2D eigenvalue weighted by Gasteiger charge is 2.30. The first-order valence-corrected chi connectivity index (χ1v) is 9.21. The molecule has 1 aliphatic rings. The molecule has 1 aliphatic heterocycles. The van der Waals surface area contributed by atoms with Crippen LogP contribution >= 0.6 is 0 Å². The quantitative estimate of drug-likeness (QED) is 0.461. The fraction of sp³-hybridized carbons (Fsp3) is 0.235. The van der Waals surface area contributed by atoms with Crippen LogP contribution in [0.3, 0.4) is 0 Å². The molecule has 0 N–H and O–H groups in total. The Hall–Kier alpha value is -2.94. The van der Waals surface area contributed by atoms with E-state index in [0.29, 0.717) is 12.1 Å². The van der Waals surface area contributed by atoms with Gasteiger partial charge in [-0.25, -0.2) is 0 Å². The Labute approximate surface area is 150 Å². The van der Waals surface area contributed by atoms with E-state index in [1.807, 2.05) is 6.92 Å². The van der Waals surface area contributed by atoms with Gasteiger partial charge in [-0.3, -0.25) is 14.9 Å². The van der Waals surface area contributed by atoms with Crippen LogP contribution in [0, 0.1) is 10.1 Å². The fourth-order valence-electron chi connectivity index (χ4n) is 3.07. The summed E-state index contributed by atoms with van der Waals surface area (Å²) >= 11 is 0. The molecule has 136 valence electrons. The molecule has 1 atom stereocenters. The molecule has 1 heterocycles. The lowest BCUT2D eigenvalue weighted by atomic mass is 10.1. The summed E-state index contributed by atoms with van der Waals surface area (Å²) in [7, 11) is -4.16. The van der Waals surface area contributed by atoms with Gasteiger partial charge in [0.1, 0.15) is 10.6 Å². The van der Waals surface area contributed by atoms with Crippen LogP contribution in [0.4, 0.5) is 11.4 Å². The van der Waals surface area contributed by atoms with Gasteiger partial charge in [0.05, 0.1) is 11.0 Å². The average molecular weight is 376 g/mol. The molecule has 0 aliphatic carbocycles. The molecule has 0 saturated heterocycles. The first kappa shape index (κ1) is 17.9. The summed E-state index contributed by atoms with van der Waals surface area (Å²) < 4.78 is 30.0.